The molecule has 0 amide bonds. The lowest BCUT2D eigenvalue weighted by atomic mass is 10.2. The fourth-order valence-corrected chi connectivity index (χ4v) is 1.58. The molecule has 0 saturated carbocycles. The van der Waals surface area contributed by atoms with Crippen molar-refractivity contribution in [3.63, 3.8) is 0 Å². The molecular formula is C8H17ClO5Si. The second kappa shape index (κ2) is 5.81. The normalized spacial score (nSPS) is 12.7. The summed E-state index contributed by atoms with van der Waals surface area (Å²) in [6.07, 6.45) is 0.862. The maximum absolute atomic E-state index is 11.1. The van der Waals surface area contributed by atoms with Crippen LogP contribution in [0.3, 0.4) is 0 Å². The Morgan fingerprint density at radius 1 is 1.33 bits per heavy atom. The minimum atomic E-state index is -3.94. The maximum atomic E-state index is 11.1. The van der Waals surface area contributed by atoms with E-state index in [1.165, 1.54) is 13.8 Å². The Kier molecular flexibility index (Phi) is 5.75. The Balaban J connectivity index is 3.53. The first kappa shape index (κ1) is 14.9. The molecule has 0 aromatic carbocycles. The third-order valence-corrected chi connectivity index (χ3v) is 2.80. The van der Waals surface area contributed by atoms with E-state index in [0.29, 0.717) is 12.8 Å². The topological polar surface area (TPSA) is 87.0 Å². The number of esters is 1. The number of unbranched alkanes of at least 4 members (excludes halogenated alkanes) is 1. The zero-order chi connectivity index (χ0) is 12.1. The summed E-state index contributed by atoms with van der Waals surface area (Å²) in [7, 11) is -3.94. The Hall–Kier alpha value is -0.143. The van der Waals surface area contributed by atoms with E-state index in [2.05, 4.69) is 0 Å². The fraction of sp³-hybridized carbons (Fsp3) is 0.875. The van der Waals surface area contributed by atoms with Crippen LogP contribution in [0, 0.1) is 0 Å². The summed E-state index contributed by atoms with van der Waals surface area (Å²) in [6.45, 7) is 3.23. The Bertz CT molecular complexity index is 208. The SMILES string of the molecule is CC(C)(Cl)C(=O)OCCCC[Si](O)(O)O. The van der Waals surface area contributed by atoms with Crippen LogP contribution < -0.4 is 0 Å². The number of ether oxygens (including phenoxy) is 1. The van der Waals surface area contributed by atoms with E-state index in [9.17, 15) is 4.79 Å². The quantitative estimate of drug-likeness (QED) is 0.274. The van der Waals surface area contributed by atoms with Crippen molar-refractivity contribution in [3.8, 4) is 0 Å². The molecule has 0 fully saturated rings. The maximum Gasteiger partial charge on any atom is 0.492 e. The van der Waals surface area contributed by atoms with E-state index < -0.39 is 19.6 Å². The Morgan fingerprint density at radius 2 is 1.87 bits per heavy atom. The Labute approximate surface area is 95.0 Å². The van der Waals surface area contributed by atoms with Gasteiger partial charge in [-0.2, -0.15) is 0 Å². The van der Waals surface area contributed by atoms with Crippen LogP contribution in [-0.4, -0.2) is 40.6 Å². The molecule has 0 atom stereocenters. The second-order valence-electron chi connectivity index (χ2n) is 3.84. The number of hydrogen-bond donors (Lipinski definition) is 3. The summed E-state index contributed by atoms with van der Waals surface area (Å²) < 4.78 is 4.82. The zero-order valence-corrected chi connectivity index (χ0v) is 10.6. The van der Waals surface area contributed by atoms with Crippen molar-refractivity contribution in [1.29, 1.82) is 0 Å². The summed E-state index contributed by atoms with van der Waals surface area (Å²) in [5, 5.41) is 0. The highest BCUT2D eigenvalue weighted by Gasteiger charge is 2.27. The van der Waals surface area contributed by atoms with Gasteiger partial charge >= 0.3 is 14.8 Å². The molecule has 0 unspecified atom stereocenters. The van der Waals surface area contributed by atoms with Gasteiger partial charge < -0.3 is 19.1 Å². The van der Waals surface area contributed by atoms with Gasteiger partial charge in [-0.1, -0.05) is 0 Å². The molecule has 5 nitrogen and oxygen atoms in total. The van der Waals surface area contributed by atoms with Crippen molar-refractivity contribution in [2.45, 2.75) is 37.6 Å². The largest absolute Gasteiger partial charge is 0.492 e. The lowest BCUT2D eigenvalue weighted by Gasteiger charge is -2.14. The number of rotatable bonds is 6. The van der Waals surface area contributed by atoms with Gasteiger partial charge in [0.25, 0.3) is 0 Å². The highest BCUT2D eigenvalue weighted by atomic mass is 35.5. The van der Waals surface area contributed by atoms with Crippen LogP contribution in [0.5, 0.6) is 0 Å². The number of carbonyl (C=O) groups excluding carboxylic acids is 1. The molecule has 90 valence electrons. The molecule has 0 radical (unpaired) electrons. The van der Waals surface area contributed by atoms with Crippen molar-refractivity contribution in [2.24, 2.45) is 0 Å². The van der Waals surface area contributed by atoms with Crippen LogP contribution in [-0.2, 0) is 9.53 Å². The van der Waals surface area contributed by atoms with Gasteiger partial charge in [-0.15, -0.1) is 11.6 Å². The molecule has 0 aliphatic heterocycles. The molecule has 7 heteroatoms. The van der Waals surface area contributed by atoms with Gasteiger partial charge in [0.15, 0.2) is 0 Å². The smallest absolute Gasteiger partial charge is 0.464 e. The molecule has 0 rings (SSSR count). The van der Waals surface area contributed by atoms with Crippen LogP contribution in [0.25, 0.3) is 0 Å². The molecule has 15 heavy (non-hydrogen) atoms. The summed E-state index contributed by atoms with van der Waals surface area (Å²) in [5.74, 6) is -0.510. The molecule has 0 aliphatic rings. The Morgan fingerprint density at radius 3 is 2.27 bits per heavy atom. The summed E-state index contributed by atoms with van der Waals surface area (Å²) >= 11 is 5.68. The third kappa shape index (κ3) is 8.83. The van der Waals surface area contributed by atoms with Crippen LogP contribution in [0.1, 0.15) is 26.7 Å². The number of halogens is 1. The molecule has 0 aliphatic carbocycles. The van der Waals surface area contributed by atoms with Gasteiger partial charge in [-0.3, -0.25) is 4.79 Å². The molecule has 0 spiro atoms. The molecule has 3 N–H and O–H groups in total. The number of alkyl halides is 1. The second-order valence-corrected chi connectivity index (χ2v) is 6.83. The molecule has 0 bridgehead atoms. The average molecular weight is 257 g/mol. The van der Waals surface area contributed by atoms with Crippen LogP contribution in [0.15, 0.2) is 0 Å². The first-order valence-corrected chi connectivity index (χ1v) is 7.09. The summed E-state index contributed by atoms with van der Waals surface area (Å²) in [5.41, 5.74) is 0. The van der Waals surface area contributed by atoms with E-state index in [0.717, 1.165) is 0 Å². The average Bonchev–Trinajstić information content (AvgIpc) is 1.99. The van der Waals surface area contributed by atoms with Crippen LogP contribution in [0.2, 0.25) is 6.04 Å². The van der Waals surface area contributed by atoms with Crippen LogP contribution in [0.4, 0.5) is 0 Å². The van der Waals surface area contributed by atoms with Gasteiger partial charge in [0.1, 0.15) is 4.87 Å². The van der Waals surface area contributed by atoms with Crippen molar-refractivity contribution < 1.29 is 23.9 Å². The summed E-state index contributed by atoms with van der Waals surface area (Å²) in [4.78, 5) is 36.1. The van der Waals surface area contributed by atoms with E-state index >= 15 is 0 Å². The predicted octanol–water partition coefficient (Wildman–Crippen LogP) is 0.243. The highest BCUT2D eigenvalue weighted by molar-refractivity contribution is 6.56. The highest BCUT2D eigenvalue weighted by Crippen LogP contribution is 2.15. The van der Waals surface area contributed by atoms with Crippen LogP contribution >= 0.6 is 11.6 Å². The lowest BCUT2D eigenvalue weighted by molar-refractivity contribution is -0.146. The monoisotopic (exact) mass is 256 g/mol. The lowest BCUT2D eigenvalue weighted by Crippen LogP contribution is -2.34. The predicted molar refractivity (Wildman–Crippen MR) is 57.3 cm³/mol. The minimum Gasteiger partial charge on any atom is -0.464 e. The summed E-state index contributed by atoms with van der Waals surface area (Å²) in [6, 6.07) is -0.0468. The van der Waals surface area contributed by atoms with Crippen molar-refractivity contribution in [1.82, 2.24) is 0 Å². The minimum absolute atomic E-state index is 0.0468. The van der Waals surface area contributed by atoms with E-state index in [-0.39, 0.29) is 12.7 Å². The third-order valence-electron chi connectivity index (χ3n) is 1.63. The van der Waals surface area contributed by atoms with Gasteiger partial charge in [-0.05, 0) is 26.7 Å². The molecule has 0 heterocycles. The fourth-order valence-electron chi connectivity index (χ4n) is 0.801. The molecule has 0 aromatic rings. The first-order chi connectivity index (χ1) is 6.63. The van der Waals surface area contributed by atoms with E-state index in [1.807, 2.05) is 0 Å². The molecule has 0 aromatic heterocycles. The number of carbonyl (C=O) groups is 1. The van der Waals surface area contributed by atoms with Gasteiger partial charge in [-0.25, -0.2) is 0 Å². The van der Waals surface area contributed by atoms with Crippen molar-refractivity contribution in [2.75, 3.05) is 6.61 Å². The first-order valence-electron chi connectivity index (χ1n) is 4.66. The van der Waals surface area contributed by atoms with Crippen molar-refractivity contribution >= 4 is 26.4 Å². The molecular weight excluding hydrogens is 240 g/mol. The van der Waals surface area contributed by atoms with Crippen molar-refractivity contribution in [3.05, 3.63) is 0 Å². The van der Waals surface area contributed by atoms with Gasteiger partial charge in [0.2, 0.25) is 0 Å². The zero-order valence-electron chi connectivity index (χ0n) is 8.86. The van der Waals surface area contributed by atoms with Gasteiger partial charge in [0.05, 0.1) is 6.61 Å². The van der Waals surface area contributed by atoms with Gasteiger partial charge in [0, 0.05) is 6.04 Å². The standard InChI is InChI=1S/C8H17ClO5Si/c1-8(2,9)7(10)14-5-3-4-6-15(11,12)13/h11-13H,3-6H2,1-2H3. The van der Waals surface area contributed by atoms with E-state index in [4.69, 9.17) is 30.7 Å². The molecule has 0 saturated heterocycles. The number of hydrogen-bond acceptors (Lipinski definition) is 5. The van der Waals surface area contributed by atoms with E-state index in [1.54, 1.807) is 0 Å².